The van der Waals surface area contributed by atoms with E-state index in [9.17, 15) is 4.79 Å². The van der Waals surface area contributed by atoms with Gasteiger partial charge in [0, 0.05) is 18.5 Å². The van der Waals surface area contributed by atoms with Crippen LogP contribution in [0.15, 0.2) is 29.2 Å². The summed E-state index contributed by atoms with van der Waals surface area (Å²) in [6.07, 6.45) is 4.51. The maximum atomic E-state index is 10.7. The lowest BCUT2D eigenvalue weighted by Crippen LogP contribution is -2.09. The van der Waals surface area contributed by atoms with E-state index in [1.807, 2.05) is 0 Å². The van der Waals surface area contributed by atoms with E-state index in [1.165, 1.54) is 17.0 Å². The number of hydrogen-bond donors (Lipinski definition) is 1. The van der Waals surface area contributed by atoms with E-state index in [2.05, 4.69) is 10.1 Å². The summed E-state index contributed by atoms with van der Waals surface area (Å²) in [6.45, 7) is 0.321. The molecular weight excluding hydrogens is 186 g/mol. The zero-order valence-corrected chi connectivity index (χ0v) is 7.12. The Bertz CT molecular complexity index is 432. The lowest BCUT2D eigenvalue weighted by atomic mass is 10.4. The lowest BCUT2D eigenvalue weighted by Gasteiger charge is -2.00. The predicted octanol–water partition coefficient (Wildman–Crippen LogP) is 0.618. The van der Waals surface area contributed by atoms with Crippen LogP contribution in [0.25, 0.3) is 0 Å². The Kier molecular flexibility index (Phi) is 2.02. The standard InChI is InChI=1S/C8H7N3O3/c12-8(13)7-9-3-4-11(7)5-6-1-2-10-14-6/h1-4H,5H2,(H,12,13). The molecule has 0 aliphatic carbocycles. The average molecular weight is 193 g/mol. The topological polar surface area (TPSA) is 81.1 Å². The quantitative estimate of drug-likeness (QED) is 0.772. The fourth-order valence-electron chi connectivity index (χ4n) is 1.13. The minimum atomic E-state index is -1.06. The van der Waals surface area contributed by atoms with Gasteiger partial charge < -0.3 is 14.2 Å². The van der Waals surface area contributed by atoms with Crippen LogP contribution in [0.4, 0.5) is 0 Å². The SMILES string of the molecule is O=C(O)c1nccn1Cc1ccno1. The summed E-state index contributed by atoms with van der Waals surface area (Å²) in [7, 11) is 0. The van der Waals surface area contributed by atoms with Crippen molar-refractivity contribution in [3.63, 3.8) is 0 Å². The molecule has 1 N–H and O–H groups in total. The molecule has 0 aliphatic rings. The smallest absolute Gasteiger partial charge is 0.372 e. The molecule has 0 radical (unpaired) electrons. The van der Waals surface area contributed by atoms with Gasteiger partial charge in [-0.15, -0.1) is 0 Å². The van der Waals surface area contributed by atoms with Gasteiger partial charge in [-0.2, -0.15) is 0 Å². The van der Waals surface area contributed by atoms with Gasteiger partial charge in [0.15, 0.2) is 5.76 Å². The van der Waals surface area contributed by atoms with Crippen molar-refractivity contribution in [1.82, 2.24) is 14.7 Å². The second kappa shape index (κ2) is 3.33. The van der Waals surface area contributed by atoms with Crippen molar-refractivity contribution in [2.45, 2.75) is 6.54 Å². The summed E-state index contributed by atoms with van der Waals surface area (Å²) in [6, 6.07) is 1.67. The Morgan fingerprint density at radius 3 is 3.07 bits per heavy atom. The van der Waals surface area contributed by atoms with Gasteiger partial charge in [-0.1, -0.05) is 5.16 Å². The Labute approximate surface area is 78.8 Å². The molecule has 2 heterocycles. The van der Waals surface area contributed by atoms with Crippen molar-refractivity contribution in [3.05, 3.63) is 36.2 Å². The minimum Gasteiger partial charge on any atom is -0.475 e. The summed E-state index contributed by atoms with van der Waals surface area (Å²) >= 11 is 0. The van der Waals surface area contributed by atoms with Crippen LogP contribution in [0, 0.1) is 0 Å². The van der Waals surface area contributed by atoms with E-state index in [1.54, 1.807) is 12.3 Å². The number of rotatable bonds is 3. The minimum absolute atomic E-state index is 0.0126. The van der Waals surface area contributed by atoms with Gasteiger partial charge in [0.2, 0.25) is 5.82 Å². The summed E-state index contributed by atoms with van der Waals surface area (Å²) in [5, 5.41) is 12.3. The van der Waals surface area contributed by atoms with E-state index < -0.39 is 5.97 Å². The van der Waals surface area contributed by atoms with Crippen LogP contribution < -0.4 is 0 Å². The highest BCUT2D eigenvalue weighted by Crippen LogP contribution is 2.04. The second-order valence-corrected chi connectivity index (χ2v) is 2.66. The third kappa shape index (κ3) is 1.49. The number of aromatic nitrogens is 3. The van der Waals surface area contributed by atoms with Gasteiger partial charge in [0.25, 0.3) is 0 Å². The molecule has 14 heavy (non-hydrogen) atoms. The van der Waals surface area contributed by atoms with Crippen molar-refractivity contribution in [2.24, 2.45) is 0 Å². The summed E-state index contributed by atoms with van der Waals surface area (Å²) in [5.41, 5.74) is 0. The first-order chi connectivity index (χ1) is 6.77. The lowest BCUT2D eigenvalue weighted by molar-refractivity contribution is 0.0678. The molecule has 0 bridgehead atoms. The molecule has 2 rings (SSSR count). The first-order valence-corrected chi connectivity index (χ1v) is 3.91. The molecule has 0 aliphatic heterocycles. The molecule has 6 heteroatoms. The Morgan fingerprint density at radius 2 is 2.43 bits per heavy atom. The highest BCUT2D eigenvalue weighted by atomic mass is 16.5. The van der Waals surface area contributed by atoms with Crippen LogP contribution in [-0.2, 0) is 6.54 Å². The first kappa shape index (κ1) is 8.49. The highest BCUT2D eigenvalue weighted by molar-refractivity contribution is 5.83. The van der Waals surface area contributed by atoms with E-state index in [-0.39, 0.29) is 5.82 Å². The zero-order chi connectivity index (χ0) is 9.97. The maximum Gasteiger partial charge on any atom is 0.372 e. The fraction of sp³-hybridized carbons (Fsp3) is 0.125. The van der Waals surface area contributed by atoms with Crippen LogP contribution in [-0.4, -0.2) is 25.8 Å². The number of nitrogens with zero attached hydrogens (tertiary/aromatic N) is 3. The molecule has 0 atom stereocenters. The Hall–Kier alpha value is -2.11. The number of carboxylic acid groups (broad SMARTS) is 1. The summed E-state index contributed by atoms with van der Waals surface area (Å²) in [5.74, 6) is -0.485. The fourth-order valence-corrected chi connectivity index (χ4v) is 1.13. The van der Waals surface area contributed by atoms with E-state index in [0.717, 1.165) is 0 Å². The van der Waals surface area contributed by atoms with Gasteiger partial charge in [-0.25, -0.2) is 9.78 Å². The number of carboxylic acids is 1. The van der Waals surface area contributed by atoms with Crippen LogP contribution >= 0.6 is 0 Å². The van der Waals surface area contributed by atoms with Gasteiger partial charge in [-0.3, -0.25) is 0 Å². The largest absolute Gasteiger partial charge is 0.475 e. The van der Waals surface area contributed by atoms with E-state index >= 15 is 0 Å². The zero-order valence-electron chi connectivity index (χ0n) is 7.12. The third-order valence-corrected chi connectivity index (χ3v) is 1.72. The number of carbonyl (C=O) groups is 1. The van der Waals surface area contributed by atoms with Crippen molar-refractivity contribution in [1.29, 1.82) is 0 Å². The molecule has 0 aromatic carbocycles. The molecule has 0 amide bonds. The van der Waals surface area contributed by atoms with Crippen LogP contribution in [0.3, 0.4) is 0 Å². The Morgan fingerprint density at radius 1 is 1.57 bits per heavy atom. The molecule has 0 fully saturated rings. The molecule has 72 valence electrons. The van der Waals surface area contributed by atoms with Gasteiger partial charge in [0.05, 0.1) is 12.7 Å². The molecule has 0 spiro atoms. The highest BCUT2D eigenvalue weighted by Gasteiger charge is 2.11. The van der Waals surface area contributed by atoms with Crippen molar-refractivity contribution < 1.29 is 14.4 Å². The molecular formula is C8H7N3O3. The summed E-state index contributed by atoms with van der Waals surface area (Å²) in [4.78, 5) is 14.4. The maximum absolute atomic E-state index is 10.7. The van der Waals surface area contributed by atoms with Crippen LogP contribution in [0.1, 0.15) is 16.4 Å². The van der Waals surface area contributed by atoms with Crippen molar-refractivity contribution in [3.8, 4) is 0 Å². The predicted molar refractivity (Wildman–Crippen MR) is 44.8 cm³/mol. The first-order valence-electron chi connectivity index (χ1n) is 3.91. The molecule has 2 aromatic heterocycles. The van der Waals surface area contributed by atoms with Crippen LogP contribution in [0.5, 0.6) is 0 Å². The monoisotopic (exact) mass is 193 g/mol. The third-order valence-electron chi connectivity index (χ3n) is 1.72. The molecule has 0 unspecified atom stereocenters. The molecule has 6 nitrogen and oxygen atoms in total. The van der Waals surface area contributed by atoms with Crippen molar-refractivity contribution >= 4 is 5.97 Å². The van der Waals surface area contributed by atoms with Gasteiger partial charge in [-0.05, 0) is 0 Å². The Balaban J connectivity index is 2.25. The van der Waals surface area contributed by atoms with Crippen molar-refractivity contribution in [2.75, 3.05) is 0 Å². The molecule has 2 aromatic rings. The summed E-state index contributed by atoms with van der Waals surface area (Å²) < 4.78 is 6.33. The normalized spacial score (nSPS) is 10.3. The average Bonchev–Trinajstić information content (AvgIpc) is 2.75. The molecule has 0 saturated heterocycles. The number of aromatic carboxylic acids is 1. The number of hydrogen-bond acceptors (Lipinski definition) is 4. The molecule has 0 saturated carbocycles. The van der Waals surface area contributed by atoms with E-state index in [4.69, 9.17) is 9.63 Å². The van der Waals surface area contributed by atoms with E-state index in [0.29, 0.717) is 12.3 Å². The van der Waals surface area contributed by atoms with Gasteiger partial charge >= 0.3 is 5.97 Å². The van der Waals surface area contributed by atoms with Crippen LogP contribution in [0.2, 0.25) is 0 Å². The second-order valence-electron chi connectivity index (χ2n) is 2.66. The number of imidazole rings is 1. The van der Waals surface area contributed by atoms with Gasteiger partial charge in [0.1, 0.15) is 0 Å².